The lowest BCUT2D eigenvalue weighted by molar-refractivity contribution is -0.140. The van der Waals surface area contributed by atoms with Crippen LogP contribution in [0.4, 0.5) is 5.69 Å². The summed E-state index contributed by atoms with van der Waals surface area (Å²) in [6, 6.07) is 26.9. The van der Waals surface area contributed by atoms with E-state index in [4.69, 9.17) is 23.2 Å². The van der Waals surface area contributed by atoms with Gasteiger partial charge in [0.15, 0.2) is 0 Å². The first-order chi connectivity index (χ1) is 21.5. The molecule has 0 fully saturated rings. The van der Waals surface area contributed by atoms with Crippen LogP contribution >= 0.6 is 23.2 Å². The van der Waals surface area contributed by atoms with Gasteiger partial charge in [0.25, 0.3) is 10.0 Å². The molecule has 1 N–H and O–H groups in total. The van der Waals surface area contributed by atoms with Crippen LogP contribution in [0.15, 0.2) is 102 Å². The van der Waals surface area contributed by atoms with E-state index in [0.29, 0.717) is 28.6 Å². The third kappa shape index (κ3) is 8.87. The number of benzene rings is 4. The maximum atomic E-state index is 14.5. The molecule has 0 bridgehead atoms. The normalized spacial score (nSPS) is 11.9. The van der Waals surface area contributed by atoms with Crippen LogP contribution in [0.1, 0.15) is 35.6 Å². The summed E-state index contributed by atoms with van der Waals surface area (Å²) in [5.41, 5.74) is 3.39. The molecule has 0 aliphatic carbocycles. The van der Waals surface area contributed by atoms with E-state index >= 15 is 0 Å². The highest BCUT2D eigenvalue weighted by molar-refractivity contribution is 7.92. The van der Waals surface area contributed by atoms with Gasteiger partial charge < -0.3 is 10.2 Å². The van der Waals surface area contributed by atoms with Crippen molar-refractivity contribution in [2.75, 3.05) is 17.4 Å². The number of aryl methyl sites for hydroxylation is 2. The minimum absolute atomic E-state index is 0.0334. The monoisotopic (exact) mass is 665 g/mol. The zero-order valence-corrected chi connectivity index (χ0v) is 27.9. The number of amides is 2. The molecule has 0 saturated carbocycles. The quantitative estimate of drug-likeness (QED) is 0.167. The zero-order chi connectivity index (χ0) is 32.6. The van der Waals surface area contributed by atoms with Gasteiger partial charge in [0.1, 0.15) is 12.6 Å². The topological polar surface area (TPSA) is 86.8 Å². The predicted octanol–water partition coefficient (Wildman–Crippen LogP) is 6.97. The summed E-state index contributed by atoms with van der Waals surface area (Å²) in [6.07, 6.45) is 0.947. The van der Waals surface area contributed by atoms with Crippen molar-refractivity contribution in [3.05, 3.63) is 129 Å². The molecule has 45 heavy (non-hydrogen) atoms. The lowest BCUT2D eigenvalue weighted by atomic mass is 10.0. The van der Waals surface area contributed by atoms with Crippen LogP contribution in [-0.2, 0) is 32.6 Å². The van der Waals surface area contributed by atoms with Gasteiger partial charge in [-0.2, -0.15) is 0 Å². The van der Waals surface area contributed by atoms with Crippen molar-refractivity contribution in [1.82, 2.24) is 10.2 Å². The summed E-state index contributed by atoms with van der Waals surface area (Å²) in [5.74, 6) is -0.873. The predicted molar refractivity (Wildman–Crippen MR) is 181 cm³/mol. The third-order valence-electron chi connectivity index (χ3n) is 7.41. The number of nitrogens with one attached hydrogen (secondary N) is 1. The van der Waals surface area contributed by atoms with E-state index in [-0.39, 0.29) is 29.5 Å². The summed E-state index contributed by atoms with van der Waals surface area (Å²) in [4.78, 5) is 29.7. The van der Waals surface area contributed by atoms with E-state index in [2.05, 4.69) is 5.32 Å². The van der Waals surface area contributed by atoms with Gasteiger partial charge in [0, 0.05) is 29.6 Å². The van der Waals surface area contributed by atoms with Crippen LogP contribution < -0.4 is 9.62 Å². The Hall–Kier alpha value is -3.85. The van der Waals surface area contributed by atoms with Crippen molar-refractivity contribution >= 4 is 50.7 Å². The molecule has 0 saturated heterocycles. The Kier molecular flexibility index (Phi) is 11.7. The van der Waals surface area contributed by atoms with Crippen molar-refractivity contribution in [1.29, 1.82) is 0 Å². The summed E-state index contributed by atoms with van der Waals surface area (Å²) < 4.78 is 29.5. The van der Waals surface area contributed by atoms with Gasteiger partial charge in [-0.3, -0.25) is 13.9 Å². The molecule has 1 unspecified atom stereocenters. The second-order valence-electron chi connectivity index (χ2n) is 10.9. The molecule has 1 atom stereocenters. The molecule has 10 heteroatoms. The van der Waals surface area contributed by atoms with Gasteiger partial charge in [-0.1, -0.05) is 96.4 Å². The fourth-order valence-electron chi connectivity index (χ4n) is 4.91. The second-order valence-corrected chi connectivity index (χ2v) is 13.6. The molecule has 236 valence electrons. The fraction of sp³-hybridized carbons (Fsp3) is 0.257. The number of nitrogens with zero attached hydrogens (tertiary/aromatic N) is 2. The molecular formula is C35H37Cl2N3O4S. The zero-order valence-electron chi connectivity index (χ0n) is 25.5. The smallest absolute Gasteiger partial charge is 0.264 e. The Labute approximate surface area is 275 Å². The Morgan fingerprint density at radius 1 is 0.822 bits per heavy atom. The minimum atomic E-state index is -4.23. The average molecular weight is 667 g/mol. The van der Waals surface area contributed by atoms with E-state index < -0.39 is 28.5 Å². The lowest BCUT2D eigenvalue weighted by Gasteiger charge is -2.34. The van der Waals surface area contributed by atoms with Crippen LogP contribution in [0, 0.1) is 13.8 Å². The van der Waals surface area contributed by atoms with E-state index in [1.165, 1.54) is 23.1 Å². The average Bonchev–Trinajstić information content (AvgIpc) is 3.03. The van der Waals surface area contributed by atoms with Gasteiger partial charge in [0.2, 0.25) is 11.8 Å². The molecule has 0 aromatic heterocycles. The Bertz CT molecular complexity index is 1710. The van der Waals surface area contributed by atoms with E-state index in [1.807, 2.05) is 44.2 Å². The van der Waals surface area contributed by atoms with Crippen LogP contribution in [0.3, 0.4) is 0 Å². The molecule has 0 aliphatic rings. The van der Waals surface area contributed by atoms with E-state index in [9.17, 15) is 18.0 Å². The molecule has 0 spiro atoms. The number of hydrogen-bond acceptors (Lipinski definition) is 4. The first-order valence-electron chi connectivity index (χ1n) is 14.7. The lowest BCUT2D eigenvalue weighted by Crippen LogP contribution is -2.53. The second kappa shape index (κ2) is 15.4. The number of hydrogen-bond donors (Lipinski definition) is 1. The minimum Gasteiger partial charge on any atom is -0.354 e. The van der Waals surface area contributed by atoms with Crippen molar-refractivity contribution in [2.45, 2.75) is 51.1 Å². The number of carbonyl (C=O) groups is 2. The molecule has 0 aliphatic heterocycles. The molecule has 7 nitrogen and oxygen atoms in total. The Morgan fingerprint density at radius 2 is 1.47 bits per heavy atom. The maximum absolute atomic E-state index is 14.5. The number of carbonyl (C=O) groups excluding carboxylic acids is 2. The number of halogens is 2. The van der Waals surface area contributed by atoms with Gasteiger partial charge >= 0.3 is 0 Å². The van der Waals surface area contributed by atoms with Crippen LogP contribution in [0.25, 0.3) is 0 Å². The molecule has 4 aromatic carbocycles. The molecule has 4 rings (SSSR count). The fourth-order valence-corrected chi connectivity index (χ4v) is 6.67. The highest BCUT2D eigenvalue weighted by atomic mass is 35.5. The number of rotatable bonds is 13. The first kappa shape index (κ1) is 34.0. The van der Waals surface area contributed by atoms with Gasteiger partial charge in [-0.25, -0.2) is 8.42 Å². The van der Waals surface area contributed by atoms with Crippen LogP contribution in [0.5, 0.6) is 0 Å². The van der Waals surface area contributed by atoms with Crippen LogP contribution in [-0.4, -0.2) is 44.3 Å². The molecular weight excluding hydrogens is 629 g/mol. The maximum Gasteiger partial charge on any atom is 0.264 e. The van der Waals surface area contributed by atoms with Gasteiger partial charge in [-0.05, 0) is 73.4 Å². The van der Waals surface area contributed by atoms with Crippen molar-refractivity contribution < 1.29 is 18.0 Å². The summed E-state index contributed by atoms with van der Waals surface area (Å²) in [7, 11) is -4.23. The van der Waals surface area contributed by atoms with Crippen molar-refractivity contribution in [2.24, 2.45) is 0 Å². The standard InChI is InChI=1S/C35H37Cl2N3O4S/c1-4-20-38-35(42)33(21-27-8-6-5-7-9-27)39(23-28-13-16-29(36)17-14-28)34(41)24-40(32-22-30(37)15-12-26(32)3)45(43,44)31-18-10-25(2)11-19-31/h5-19,22,33H,4,20-21,23-24H2,1-3H3,(H,38,42). The van der Waals surface area contributed by atoms with E-state index in [1.54, 1.807) is 55.5 Å². The number of sulfonamides is 1. The highest BCUT2D eigenvalue weighted by Crippen LogP contribution is 2.30. The third-order valence-corrected chi connectivity index (χ3v) is 9.68. The van der Waals surface area contributed by atoms with Crippen molar-refractivity contribution in [3.63, 3.8) is 0 Å². The highest BCUT2D eigenvalue weighted by Gasteiger charge is 2.35. The Morgan fingerprint density at radius 3 is 2.11 bits per heavy atom. The molecule has 0 radical (unpaired) electrons. The van der Waals surface area contributed by atoms with Crippen LogP contribution in [0.2, 0.25) is 10.0 Å². The molecule has 0 heterocycles. The first-order valence-corrected chi connectivity index (χ1v) is 16.9. The Balaban J connectivity index is 1.82. The number of anilines is 1. The summed E-state index contributed by atoms with van der Waals surface area (Å²) in [5, 5.41) is 3.80. The van der Waals surface area contributed by atoms with Crippen molar-refractivity contribution in [3.8, 4) is 0 Å². The largest absolute Gasteiger partial charge is 0.354 e. The summed E-state index contributed by atoms with van der Waals surface area (Å²) in [6.45, 7) is 5.50. The van der Waals surface area contributed by atoms with Gasteiger partial charge in [-0.15, -0.1) is 0 Å². The summed E-state index contributed by atoms with van der Waals surface area (Å²) >= 11 is 12.5. The van der Waals surface area contributed by atoms with Gasteiger partial charge in [0.05, 0.1) is 10.6 Å². The molecule has 2 amide bonds. The molecule has 4 aromatic rings. The van der Waals surface area contributed by atoms with E-state index in [0.717, 1.165) is 21.0 Å². The SMILES string of the molecule is CCCNC(=O)C(Cc1ccccc1)N(Cc1ccc(Cl)cc1)C(=O)CN(c1cc(Cl)ccc1C)S(=O)(=O)c1ccc(C)cc1.